The number of thioether (sulfide) groups is 1. The van der Waals surface area contributed by atoms with Crippen molar-refractivity contribution in [3.8, 4) is 22.8 Å². The van der Waals surface area contributed by atoms with Crippen LogP contribution in [0.1, 0.15) is 12.5 Å². The summed E-state index contributed by atoms with van der Waals surface area (Å²) in [5.41, 5.74) is -0.162. The molecule has 1 saturated heterocycles. The van der Waals surface area contributed by atoms with Gasteiger partial charge in [0.25, 0.3) is 0 Å². The largest absolute Gasteiger partial charge is 0.573 e. The molecule has 0 spiro atoms. The third-order valence-electron chi connectivity index (χ3n) is 5.65. The number of aromatic nitrogens is 3. The highest BCUT2D eigenvalue weighted by Gasteiger charge is 2.43. The van der Waals surface area contributed by atoms with E-state index >= 15 is 0 Å². The molecular weight excluding hydrogens is 555 g/mol. The molecule has 1 unspecified atom stereocenters. The van der Waals surface area contributed by atoms with Gasteiger partial charge in [-0.25, -0.2) is 18.4 Å². The number of ether oxygens (including phenoxy) is 1. The number of amidine groups is 1. The summed E-state index contributed by atoms with van der Waals surface area (Å²) in [7, 11) is 0. The number of rotatable bonds is 6. The average Bonchev–Trinajstić information content (AvgIpc) is 3.49. The summed E-state index contributed by atoms with van der Waals surface area (Å²) in [6.07, 6.45) is -1.90. The normalized spacial score (nSPS) is 18.7. The summed E-state index contributed by atoms with van der Waals surface area (Å²) in [6.45, 7) is 1.43. The molecule has 8 nitrogen and oxygen atoms in total. The maximum atomic E-state index is 14.4. The van der Waals surface area contributed by atoms with Crippen molar-refractivity contribution in [3.05, 3.63) is 90.3 Å². The van der Waals surface area contributed by atoms with Crippen molar-refractivity contribution in [2.24, 2.45) is 10.2 Å². The molecule has 0 radical (unpaired) electrons. The summed E-state index contributed by atoms with van der Waals surface area (Å²) in [5.74, 6) is -1.50. The molecule has 14 heteroatoms. The summed E-state index contributed by atoms with van der Waals surface area (Å²) < 4.78 is 71.2. The van der Waals surface area contributed by atoms with E-state index in [-0.39, 0.29) is 16.7 Å². The van der Waals surface area contributed by atoms with Crippen LogP contribution in [0.3, 0.4) is 0 Å². The van der Waals surface area contributed by atoms with Crippen molar-refractivity contribution in [1.82, 2.24) is 14.8 Å². The molecule has 1 aliphatic heterocycles. The molecule has 3 aromatic carbocycles. The van der Waals surface area contributed by atoms with Crippen molar-refractivity contribution in [3.63, 3.8) is 0 Å². The van der Waals surface area contributed by atoms with Gasteiger partial charge in [0, 0.05) is 11.3 Å². The van der Waals surface area contributed by atoms with E-state index in [9.17, 15) is 27.1 Å². The van der Waals surface area contributed by atoms with E-state index in [4.69, 9.17) is 0 Å². The lowest BCUT2D eigenvalue weighted by Crippen LogP contribution is -2.46. The van der Waals surface area contributed by atoms with Crippen LogP contribution >= 0.6 is 11.8 Å². The lowest BCUT2D eigenvalue weighted by Gasteiger charge is -2.30. The Kier molecular flexibility index (Phi) is 7.29. The smallest absolute Gasteiger partial charge is 0.406 e. The Hall–Kier alpha value is -4.30. The molecule has 1 N–H and O–H groups in total. The van der Waals surface area contributed by atoms with Gasteiger partial charge in [-0.05, 0) is 48.9 Å². The van der Waals surface area contributed by atoms with E-state index in [2.05, 4.69) is 25.0 Å². The molecule has 206 valence electrons. The van der Waals surface area contributed by atoms with E-state index in [1.807, 2.05) is 0 Å². The minimum Gasteiger partial charge on any atom is -0.406 e. The molecular formula is C26H19F5N6O2S. The number of aliphatic hydroxyl groups is 1. The van der Waals surface area contributed by atoms with Crippen molar-refractivity contribution >= 4 is 28.8 Å². The minimum atomic E-state index is -4.77. The van der Waals surface area contributed by atoms with Crippen LogP contribution < -0.4 is 9.64 Å². The number of hydrogen-bond acceptors (Lipinski definition) is 7. The van der Waals surface area contributed by atoms with Crippen LogP contribution in [0, 0.1) is 11.6 Å². The standard InChI is InChI=1S/C26H19F5N6O2S/c1-25(38)14-40-24(37(25)22-20(27)3-2-4-21(22)28)34-33-13-16-5-7-17(8-6-16)23-32-15-36(35-23)18-9-11-19(12-10-18)39-26(29,30)31/h2-13,15,38H,14H2,1H3/b33-13-,34-24+. The number of para-hydroxylation sites is 1. The molecule has 0 amide bonds. The predicted molar refractivity (Wildman–Crippen MR) is 140 cm³/mol. The van der Waals surface area contributed by atoms with Crippen molar-refractivity contribution in [1.29, 1.82) is 0 Å². The Morgan fingerprint density at radius 1 is 1.02 bits per heavy atom. The van der Waals surface area contributed by atoms with Gasteiger partial charge in [0.05, 0.1) is 11.9 Å². The highest BCUT2D eigenvalue weighted by Crippen LogP contribution is 2.38. The highest BCUT2D eigenvalue weighted by atomic mass is 32.2. The van der Waals surface area contributed by atoms with E-state index in [1.165, 1.54) is 54.5 Å². The Morgan fingerprint density at radius 2 is 1.70 bits per heavy atom. The van der Waals surface area contributed by atoms with Crippen LogP contribution in [0.2, 0.25) is 0 Å². The fraction of sp³-hybridized carbons (Fsp3) is 0.154. The second-order valence-corrected chi connectivity index (χ2v) is 9.66. The maximum absolute atomic E-state index is 14.4. The van der Waals surface area contributed by atoms with Crippen LogP contribution in [0.5, 0.6) is 5.75 Å². The van der Waals surface area contributed by atoms with E-state index < -0.39 is 29.4 Å². The first-order valence-corrected chi connectivity index (χ1v) is 12.6. The lowest BCUT2D eigenvalue weighted by atomic mass is 10.1. The Morgan fingerprint density at radius 3 is 2.35 bits per heavy atom. The number of nitrogens with zero attached hydrogens (tertiary/aromatic N) is 6. The number of hydrogen-bond donors (Lipinski definition) is 1. The second-order valence-electron chi connectivity index (χ2n) is 8.71. The first kappa shape index (κ1) is 27.3. The van der Waals surface area contributed by atoms with Gasteiger partial charge in [0.2, 0.25) is 0 Å². The Labute approximate surface area is 228 Å². The van der Waals surface area contributed by atoms with Gasteiger partial charge in [-0.15, -0.1) is 23.4 Å². The van der Waals surface area contributed by atoms with E-state index in [1.54, 1.807) is 24.3 Å². The van der Waals surface area contributed by atoms with Gasteiger partial charge in [-0.2, -0.15) is 5.10 Å². The monoisotopic (exact) mass is 574 g/mol. The van der Waals surface area contributed by atoms with Gasteiger partial charge in [0.1, 0.15) is 29.4 Å². The van der Waals surface area contributed by atoms with Gasteiger partial charge in [-0.1, -0.05) is 42.1 Å². The molecule has 40 heavy (non-hydrogen) atoms. The first-order chi connectivity index (χ1) is 19.0. The van der Waals surface area contributed by atoms with Crippen molar-refractivity contribution in [2.75, 3.05) is 10.7 Å². The van der Waals surface area contributed by atoms with Crippen LogP contribution in [0.4, 0.5) is 27.6 Å². The second kappa shape index (κ2) is 10.7. The quantitative estimate of drug-likeness (QED) is 0.179. The predicted octanol–water partition coefficient (Wildman–Crippen LogP) is 5.76. The first-order valence-electron chi connectivity index (χ1n) is 11.6. The number of benzene rings is 3. The number of halogens is 5. The summed E-state index contributed by atoms with van der Waals surface area (Å²) >= 11 is 1.11. The highest BCUT2D eigenvalue weighted by molar-refractivity contribution is 8.14. The zero-order valence-corrected chi connectivity index (χ0v) is 21.4. The Bertz CT molecular complexity index is 1550. The zero-order chi connectivity index (χ0) is 28.5. The number of anilines is 1. The molecule has 0 bridgehead atoms. The zero-order valence-electron chi connectivity index (χ0n) is 20.5. The molecule has 2 heterocycles. The topological polar surface area (TPSA) is 88.1 Å². The fourth-order valence-corrected chi connectivity index (χ4v) is 4.89. The number of alkyl halides is 3. The maximum Gasteiger partial charge on any atom is 0.573 e. The Balaban J connectivity index is 1.29. The summed E-state index contributed by atoms with van der Waals surface area (Å²) in [6, 6.07) is 15.6. The van der Waals surface area contributed by atoms with E-state index in [0.29, 0.717) is 22.6 Å². The van der Waals surface area contributed by atoms with Gasteiger partial charge in [0.15, 0.2) is 16.7 Å². The van der Waals surface area contributed by atoms with Crippen LogP contribution in [0.15, 0.2) is 83.3 Å². The van der Waals surface area contributed by atoms with Crippen molar-refractivity contribution in [2.45, 2.75) is 19.0 Å². The molecule has 1 atom stereocenters. The molecule has 5 rings (SSSR count). The van der Waals surface area contributed by atoms with Gasteiger partial charge >= 0.3 is 6.36 Å². The molecule has 0 aliphatic carbocycles. The van der Waals surface area contributed by atoms with Crippen LogP contribution in [-0.2, 0) is 0 Å². The van der Waals surface area contributed by atoms with Crippen molar-refractivity contribution < 1.29 is 31.8 Å². The SMILES string of the molecule is CC1(O)CS/C(=N/N=C\c2ccc(-c3ncn(-c4ccc(OC(F)(F)F)cc4)n3)cc2)N1c1c(F)cccc1F. The van der Waals surface area contributed by atoms with Gasteiger partial charge in [-0.3, -0.25) is 4.90 Å². The molecule has 1 aromatic heterocycles. The molecule has 1 aliphatic rings. The summed E-state index contributed by atoms with van der Waals surface area (Å²) in [5, 5.41) is 23.3. The lowest BCUT2D eigenvalue weighted by molar-refractivity contribution is -0.274. The van der Waals surface area contributed by atoms with Crippen LogP contribution in [0.25, 0.3) is 17.1 Å². The molecule has 0 saturated carbocycles. The van der Waals surface area contributed by atoms with Crippen LogP contribution in [-0.4, -0.2) is 49.1 Å². The summed E-state index contributed by atoms with van der Waals surface area (Å²) in [4.78, 5) is 5.33. The third kappa shape index (κ3) is 5.97. The molecule has 4 aromatic rings. The fourth-order valence-electron chi connectivity index (χ4n) is 3.83. The average molecular weight is 575 g/mol. The third-order valence-corrected chi connectivity index (χ3v) is 6.87. The minimum absolute atomic E-state index is 0.134. The molecule has 1 fully saturated rings. The van der Waals surface area contributed by atoms with E-state index in [0.717, 1.165) is 28.8 Å². The van der Waals surface area contributed by atoms with Gasteiger partial charge < -0.3 is 9.84 Å².